The first kappa shape index (κ1) is 18.4. The molecule has 3 rings (SSSR count). The summed E-state index contributed by atoms with van der Waals surface area (Å²) in [6.07, 6.45) is 1.00. The number of anilines is 1. The van der Waals surface area contributed by atoms with Crippen LogP contribution in [-0.2, 0) is 16.0 Å². The molecule has 2 aromatic rings. The molecule has 2 heterocycles. The number of nitrogens with zero attached hydrogens (tertiary/aromatic N) is 1. The number of carbonyl (C=O) groups excluding carboxylic acids is 1. The highest BCUT2D eigenvalue weighted by Gasteiger charge is 2.47. The Morgan fingerprint density at radius 1 is 1.33 bits per heavy atom. The van der Waals surface area contributed by atoms with Gasteiger partial charge in [0.05, 0.1) is 5.69 Å². The lowest BCUT2D eigenvalue weighted by Gasteiger charge is -2.22. The fraction of sp³-hybridized carbons (Fsp3) is 0.312. The van der Waals surface area contributed by atoms with Gasteiger partial charge in [-0.1, -0.05) is 30.3 Å². The number of benzene rings is 1. The molecule has 6 nitrogen and oxygen atoms in total. The first-order chi connectivity index (χ1) is 11.0. The summed E-state index contributed by atoms with van der Waals surface area (Å²) in [5.74, 6) is -1.46. The number of hydrogen-bond acceptors (Lipinski definition) is 6. The van der Waals surface area contributed by atoms with Crippen LogP contribution < -0.4 is 11.1 Å². The van der Waals surface area contributed by atoms with Gasteiger partial charge in [-0.2, -0.15) is 0 Å². The van der Waals surface area contributed by atoms with E-state index in [4.69, 9.17) is 5.73 Å². The van der Waals surface area contributed by atoms with Gasteiger partial charge in [-0.25, -0.2) is 9.78 Å². The molecule has 0 unspecified atom stereocenters. The van der Waals surface area contributed by atoms with Gasteiger partial charge in [0, 0.05) is 16.9 Å². The Hall–Kier alpha value is -1.96. The molecular weight excluding hydrogens is 350 g/mol. The summed E-state index contributed by atoms with van der Waals surface area (Å²) in [5, 5.41) is 12.7. The van der Waals surface area contributed by atoms with Crippen LogP contribution in [0.1, 0.15) is 17.7 Å². The third kappa shape index (κ3) is 3.28. The van der Waals surface area contributed by atoms with Crippen LogP contribution in [0.15, 0.2) is 30.3 Å². The van der Waals surface area contributed by atoms with E-state index in [0.717, 1.165) is 5.56 Å². The number of thiazole rings is 1. The van der Waals surface area contributed by atoms with Gasteiger partial charge in [0.2, 0.25) is 0 Å². The van der Waals surface area contributed by atoms with Crippen LogP contribution in [0.3, 0.4) is 0 Å². The number of carboxylic acid groups (broad SMARTS) is 1. The summed E-state index contributed by atoms with van der Waals surface area (Å²) in [6, 6.07) is 9.44. The van der Waals surface area contributed by atoms with Gasteiger partial charge in [-0.05, 0) is 19.4 Å². The van der Waals surface area contributed by atoms with Crippen molar-refractivity contribution < 1.29 is 14.7 Å². The maximum Gasteiger partial charge on any atom is 0.331 e. The largest absolute Gasteiger partial charge is 0.480 e. The quantitative estimate of drug-likeness (QED) is 0.699. The van der Waals surface area contributed by atoms with Gasteiger partial charge < -0.3 is 10.8 Å². The van der Waals surface area contributed by atoms with E-state index in [1.807, 2.05) is 30.3 Å². The lowest BCUT2D eigenvalue weighted by molar-refractivity contribution is -0.149. The second kappa shape index (κ2) is 7.29. The number of ketones is 1. The van der Waals surface area contributed by atoms with Crippen molar-refractivity contribution >= 4 is 40.6 Å². The Kier molecular flexibility index (Phi) is 5.58. The van der Waals surface area contributed by atoms with Crippen molar-refractivity contribution in [2.45, 2.75) is 24.8 Å². The fourth-order valence-corrected chi connectivity index (χ4v) is 3.74. The maximum absolute atomic E-state index is 12.7. The Labute approximate surface area is 149 Å². The zero-order valence-corrected chi connectivity index (χ0v) is 14.5. The van der Waals surface area contributed by atoms with Gasteiger partial charge in [-0.15, -0.1) is 23.7 Å². The number of hydrogen-bond donors (Lipinski definition) is 3. The molecule has 0 spiro atoms. The number of nitrogens with two attached hydrogens (primary N) is 1. The maximum atomic E-state index is 12.7. The van der Waals surface area contributed by atoms with Crippen molar-refractivity contribution in [3.8, 4) is 11.3 Å². The van der Waals surface area contributed by atoms with Crippen molar-refractivity contribution in [3.63, 3.8) is 0 Å². The van der Waals surface area contributed by atoms with Gasteiger partial charge >= 0.3 is 5.97 Å². The molecule has 1 aromatic heterocycles. The monoisotopic (exact) mass is 367 g/mol. The molecule has 4 N–H and O–H groups in total. The minimum Gasteiger partial charge on any atom is -0.480 e. The fourth-order valence-electron chi connectivity index (χ4n) is 2.89. The minimum absolute atomic E-state index is 0. The molecule has 1 aliphatic rings. The van der Waals surface area contributed by atoms with Gasteiger partial charge in [-0.3, -0.25) is 10.1 Å². The number of rotatable bonds is 5. The van der Waals surface area contributed by atoms with E-state index in [0.29, 0.717) is 35.1 Å². The normalized spacial score (nSPS) is 19.7. The van der Waals surface area contributed by atoms with Crippen LogP contribution in [0, 0.1) is 0 Å². The van der Waals surface area contributed by atoms with Crippen molar-refractivity contribution in [1.82, 2.24) is 10.3 Å². The molecule has 1 aromatic carbocycles. The second-order valence-electron chi connectivity index (χ2n) is 5.53. The average Bonchev–Trinajstić information content (AvgIpc) is 3.16. The van der Waals surface area contributed by atoms with Crippen LogP contribution >= 0.6 is 23.7 Å². The topological polar surface area (TPSA) is 105 Å². The zero-order chi connectivity index (χ0) is 16.4. The lowest BCUT2D eigenvalue weighted by atomic mass is 9.89. The zero-order valence-electron chi connectivity index (χ0n) is 12.8. The van der Waals surface area contributed by atoms with Gasteiger partial charge in [0.25, 0.3) is 0 Å². The highest BCUT2D eigenvalue weighted by Crippen LogP contribution is 2.32. The number of carbonyl (C=O) groups is 2. The summed E-state index contributed by atoms with van der Waals surface area (Å²) in [6.45, 7) is 0.536. The number of nitrogens with one attached hydrogen (secondary N) is 1. The van der Waals surface area contributed by atoms with Gasteiger partial charge in [0.1, 0.15) is 0 Å². The summed E-state index contributed by atoms with van der Waals surface area (Å²) < 4.78 is 0. The van der Waals surface area contributed by atoms with E-state index >= 15 is 0 Å². The van der Waals surface area contributed by atoms with E-state index in [9.17, 15) is 14.7 Å². The van der Waals surface area contributed by atoms with E-state index in [1.54, 1.807) is 0 Å². The van der Waals surface area contributed by atoms with Crippen LogP contribution in [0.2, 0.25) is 0 Å². The van der Waals surface area contributed by atoms with Crippen LogP contribution in [0.4, 0.5) is 5.13 Å². The molecular formula is C16H18ClN3O3S. The summed E-state index contributed by atoms with van der Waals surface area (Å²) in [5.41, 5.74) is 5.84. The minimum atomic E-state index is -1.48. The molecule has 128 valence electrons. The molecule has 1 atom stereocenters. The summed E-state index contributed by atoms with van der Waals surface area (Å²) in [7, 11) is 0. The van der Waals surface area contributed by atoms with E-state index in [2.05, 4.69) is 10.3 Å². The molecule has 0 radical (unpaired) electrons. The smallest absolute Gasteiger partial charge is 0.331 e. The van der Waals surface area contributed by atoms with Crippen LogP contribution in [-0.4, -0.2) is 33.9 Å². The summed E-state index contributed by atoms with van der Waals surface area (Å²) >= 11 is 1.23. The number of nitrogen functional groups attached to an aromatic ring is 1. The van der Waals surface area contributed by atoms with E-state index < -0.39 is 11.5 Å². The molecule has 24 heavy (non-hydrogen) atoms. The predicted octanol–water partition coefficient (Wildman–Crippen LogP) is 2.13. The molecule has 1 fully saturated rings. The number of Topliss-reactive ketones (excluding diaryl/α,β-unsaturated/α-hetero) is 1. The van der Waals surface area contributed by atoms with Crippen molar-refractivity contribution in [2.24, 2.45) is 0 Å². The van der Waals surface area contributed by atoms with Crippen LogP contribution in [0.25, 0.3) is 11.3 Å². The van der Waals surface area contributed by atoms with Crippen LogP contribution in [0.5, 0.6) is 0 Å². The highest BCUT2D eigenvalue weighted by atomic mass is 35.5. The molecule has 0 aliphatic carbocycles. The Bertz CT molecular complexity index is 742. The number of aromatic nitrogens is 1. The third-order valence-electron chi connectivity index (χ3n) is 4.08. The van der Waals surface area contributed by atoms with E-state index in [1.165, 1.54) is 11.3 Å². The Morgan fingerprint density at radius 2 is 2.04 bits per heavy atom. The van der Waals surface area contributed by atoms with Crippen molar-refractivity contribution in [3.05, 3.63) is 35.2 Å². The SMILES string of the molecule is Cl.Nc1nc(-c2ccccc2)c(CC(=O)[C@@]2(C(=O)O)CCCN2)s1. The predicted molar refractivity (Wildman–Crippen MR) is 95.5 cm³/mol. The molecule has 1 saturated heterocycles. The van der Waals surface area contributed by atoms with Crippen molar-refractivity contribution in [2.75, 3.05) is 12.3 Å². The summed E-state index contributed by atoms with van der Waals surface area (Å²) in [4.78, 5) is 29.3. The first-order valence-electron chi connectivity index (χ1n) is 7.35. The Balaban J connectivity index is 0.00000208. The molecule has 1 aliphatic heterocycles. The highest BCUT2D eigenvalue weighted by molar-refractivity contribution is 7.15. The molecule has 0 amide bonds. The average molecular weight is 368 g/mol. The number of carboxylic acids is 1. The first-order valence-corrected chi connectivity index (χ1v) is 8.17. The lowest BCUT2D eigenvalue weighted by Crippen LogP contribution is -2.54. The van der Waals surface area contributed by atoms with Gasteiger partial charge in [0.15, 0.2) is 16.5 Å². The Morgan fingerprint density at radius 3 is 2.62 bits per heavy atom. The second-order valence-corrected chi connectivity index (χ2v) is 6.65. The van der Waals surface area contributed by atoms with E-state index in [-0.39, 0.29) is 24.6 Å². The number of halogens is 1. The molecule has 8 heteroatoms. The standard InChI is InChI=1S/C16H17N3O3S.ClH/c17-15-19-13(10-5-2-1-3-6-10)11(23-15)9-12(20)16(14(21)22)7-4-8-18-16;/h1-3,5-6,18H,4,7-9H2,(H2,17,19)(H,21,22);1H/t16-;/m1./s1. The third-order valence-corrected chi connectivity index (χ3v) is 4.96. The molecule has 0 bridgehead atoms. The van der Waals surface area contributed by atoms with Crippen molar-refractivity contribution in [1.29, 1.82) is 0 Å². The number of aliphatic carboxylic acids is 1. The molecule has 0 saturated carbocycles.